The van der Waals surface area contributed by atoms with Gasteiger partial charge in [0, 0.05) is 13.2 Å². The molecule has 0 saturated heterocycles. The second-order valence-electron chi connectivity index (χ2n) is 6.19. The zero-order chi connectivity index (χ0) is 13.9. The topological polar surface area (TPSA) is 35.2 Å². The van der Waals surface area contributed by atoms with Crippen molar-refractivity contribution in [3.05, 3.63) is 35.4 Å². The van der Waals surface area contributed by atoms with E-state index >= 15 is 0 Å². The van der Waals surface area contributed by atoms with Crippen LogP contribution in [0.25, 0.3) is 0 Å². The molecule has 1 saturated carbocycles. The molecule has 2 heteroatoms. The molecule has 1 fully saturated rings. The first kappa shape index (κ1) is 14.5. The number of hydrogen-bond donors (Lipinski definition) is 1. The lowest BCUT2D eigenvalue weighted by Crippen LogP contribution is -2.52. The molecule has 1 aliphatic carbocycles. The van der Waals surface area contributed by atoms with E-state index in [1.54, 1.807) is 0 Å². The molecule has 0 radical (unpaired) electrons. The molecule has 0 aromatic heterocycles. The minimum absolute atomic E-state index is 0.0890. The van der Waals surface area contributed by atoms with Crippen molar-refractivity contribution in [3.63, 3.8) is 0 Å². The third-order valence-corrected chi connectivity index (χ3v) is 4.90. The van der Waals surface area contributed by atoms with Crippen LogP contribution in [0.1, 0.15) is 43.7 Å². The van der Waals surface area contributed by atoms with Crippen molar-refractivity contribution in [3.8, 4) is 0 Å². The lowest BCUT2D eigenvalue weighted by molar-refractivity contribution is -0.0659. The Morgan fingerprint density at radius 2 is 1.95 bits per heavy atom. The summed E-state index contributed by atoms with van der Waals surface area (Å²) in [6.07, 6.45) is 5.56. The van der Waals surface area contributed by atoms with Gasteiger partial charge < -0.3 is 10.5 Å². The third-order valence-electron chi connectivity index (χ3n) is 4.90. The lowest BCUT2D eigenvalue weighted by atomic mass is 9.74. The number of rotatable bonds is 4. The highest BCUT2D eigenvalue weighted by Crippen LogP contribution is 2.37. The smallest absolute Gasteiger partial charge is 0.0832 e. The summed E-state index contributed by atoms with van der Waals surface area (Å²) in [5.41, 5.74) is 9.08. The van der Waals surface area contributed by atoms with Crippen molar-refractivity contribution < 1.29 is 4.74 Å². The van der Waals surface area contributed by atoms with E-state index < -0.39 is 0 Å². The highest BCUT2D eigenvalue weighted by Gasteiger charge is 2.39. The average Bonchev–Trinajstić information content (AvgIpc) is 2.42. The lowest BCUT2D eigenvalue weighted by Gasteiger charge is -2.42. The fraction of sp³-hybridized carbons (Fsp3) is 0.647. The first-order valence-electron chi connectivity index (χ1n) is 7.42. The molecule has 0 aliphatic heterocycles. The third kappa shape index (κ3) is 3.18. The molecule has 2 nitrogen and oxygen atoms in total. The molecule has 1 unspecified atom stereocenters. The van der Waals surface area contributed by atoms with Gasteiger partial charge in [-0.1, -0.05) is 31.2 Å². The van der Waals surface area contributed by atoms with Crippen molar-refractivity contribution in [2.45, 2.75) is 57.6 Å². The van der Waals surface area contributed by atoms with Gasteiger partial charge in [-0.2, -0.15) is 0 Å². The Hall–Kier alpha value is -0.860. The van der Waals surface area contributed by atoms with E-state index in [9.17, 15) is 0 Å². The van der Waals surface area contributed by atoms with E-state index in [1.807, 2.05) is 7.11 Å². The quantitative estimate of drug-likeness (QED) is 0.901. The van der Waals surface area contributed by atoms with Crippen LogP contribution in [0.2, 0.25) is 0 Å². The highest BCUT2D eigenvalue weighted by atomic mass is 16.5. The van der Waals surface area contributed by atoms with Gasteiger partial charge in [0.05, 0.1) is 5.60 Å². The summed E-state index contributed by atoms with van der Waals surface area (Å²) in [7, 11) is 1.83. The van der Waals surface area contributed by atoms with Gasteiger partial charge in [0.2, 0.25) is 0 Å². The minimum Gasteiger partial charge on any atom is -0.377 e. The van der Waals surface area contributed by atoms with E-state index in [1.165, 1.54) is 24.0 Å². The fourth-order valence-electron chi connectivity index (χ4n) is 3.24. The Kier molecular flexibility index (Phi) is 4.64. The van der Waals surface area contributed by atoms with E-state index in [0.29, 0.717) is 0 Å². The molecule has 0 amide bonds. The summed E-state index contributed by atoms with van der Waals surface area (Å²) in [5, 5.41) is 0. The average molecular weight is 261 g/mol. The van der Waals surface area contributed by atoms with Gasteiger partial charge in [-0.05, 0) is 56.1 Å². The Labute approximate surface area is 117 Å². The normalized spacial score (nSPS) is 29.2. The van der Waals surface area contributed by atoms with E-state index in [-0.39, 0.29) is 11.6 Å². The molecule has 2 N–H and O–H groups in total. The number of hydrogen-bond acceptors (Lipinski definition) is 2. The van der Waals surface area contributed by atoms with Gasteiger partial charge in [0.25, 0.3) is 0 Å². The maximum absolute atomic E-state index is 6.52. The van der Waals surface area contributed by atoms with E-state index in [0.717, 1.165) is 25.2 Å². The van der Waals surface area contributed by atoms with Crippen LogP contribution >= 0.6 is 0 Å². The molecule has 0 bridgehead atoms. The molecule has 1 aromatic rings. The van der Waals surface area contributed by atoms with Gasteiger partial charge >= 0.3 is 0 Å². The van der Waals surface area contributed by atoms with Gasteiger partial charge in [-0.15, -0.1) is 0 Å². The van der Waals surface area contributed by atoms with Gasteiger partial charge in [0.15, 0.2) is 0 Å². The maximum atomic E-state index is 6.52. The number of aryl methyl sites for hydroxylation is 1. The number of ether oxygens (including phenoxy) is 1. The molecule has 2 rings (SSSR count). The molecule has 1 aromatic carbocycles. The number of benzene rings is 1. The Balaban J connectivity index is 2.09. The first-order valence-corrected chi connectivity index (χ1v) is 7.42. The van der Waals surface area contributed by atoms with Crippen LogP contribution in [0.5, 0.6) is 0 Å². The monoisotopic (exact) mass is 261 g/mol. The Morgan fingerprint density at radius 1 is 1.32 bits per heavy atom. The zero-order valence-electron chi connectivity index (χ0n) is 12.5. The zero-order valence-corrected chi connectivity index (χ0v) is 12.5. The van der Waals surface area contributed by atoms with Crippen LogP contribution < -0.4 is 5.73 Å². The van der Waals surface area contributed by atoms with Gasteiger partial charge in [-0.25, -0.2) is 0 Å². The molecule has 1 atom stereocenters. The van der Waals surface area contributed by atoms with Crippen molar-refractivity contribution >= 4 is 0 Å². The van der Waals surface area contributed by atoms with Crippen LogP contribution in [0.3, 0.4) is 0 Å². The van der Waals surface area contributed by atoms with Gasteiger partial charge in [0.1, 0.15) is 0 Å². The summed E-state index contributed by atoms with van der Waals surface area (Å²) >= 11 is 0. The number of methoxy groups -OCH3 is 1. The van der Waals surface area contributed by atoms with Crippen molar-refractivity contribution in [2.24, 2.45) is 11.7 Å². The summed E-state index contributed by atoms with van der Waals surface area (Å²) in [5.74, 6) is 0.814. The molecular weight excluding hydrogens is 234 g/mol. The van der Waals surface area contributed by atoms with Crippen LogP contribution in [0.15, 0.2) is 24.3 Å². The Bertz CT molecular complexity index is 407. The Morgan fingerprint density at radius 3 is 2.53 bits per heavy atom. The molecular formula is C17H27NO. The SMILES string of the molecule is COC1(C(N)Cc2ccccc2C)CCC(C)CC1. The molecule has 0 heterocycles. The van der Waals surface area contributed by atoms with Crippen LogP contribution in [-0.4, -0.2) is 18.8 Å². The second kappa shape index (κ2) is 6.06. The van der Waals surface area contributed by atoms with Gasteiger partial charge in [-0.3, -0.25) is 0 Å². The highest BCUT2D eigenvalue weighted by molar-refractivity contribution is 5.27. The largest absolute Gasteiger partial charge is 0.377 e. The van der Waals surface area contributed by atoms with Crippen molar-refractivity contribution in [1.29, 1.82) is 0 Å². The molecule has 0 spiro atoms. The van der Waals surface area contributed by atoms with Crippen molar-refractivity contribution in [2.75, 3.05) is 7.11 Å². The summed E-state index contributed by atoms with van der Waals surface area (Å²) in [6, 6.07) is 8.61. The first-order chi connectivity index (χ1) is 9.07. The van der Waals surface area contributed by atoms with Crippen LogP contribution in [0, 0.1) is 12.8 Å². The van der Waals surface area contributed by atoms with Crippen LogP contribution in [-0.2, 0) is 11.2 Å². The predicted octanol–water partition coefficient (Wildman–Crippen LogP) is 3.46. The standard InChI is InChI=1S/C17H27NO/c1-13-8-10-17(19-3,11-9-13)16(18)12-15-7-5-4-6-14(15)2/h4-7,13,16H,8-12,18H2,1-3H3. The summed E-state index contributed by atoms with van der Waals surface area (Å²) < 4.78 is 5.88. The predicted molar refractivity (Wildman–Crippen MR) is 80.2 cm³/mol. The molecule has 19 heavy (non-hydrogen) atoms. The molecule has 1 aliphatic rings. The number of nitrogens with two attached hydrogens (primary N) is 1. The molecule has 106 valence electrons. The fourth-order valence-corrected chi connectivity index (χ4v) is 3.24. The second-order valence-corrected chi connectivity index (χ2v) is 6.19. The van der Waals surface area contributed by atoms with E-state index in [2.05, 4.69) is 38.1 Å². The van der Waals surface area contributed by atoms with Crippen molar-refractivity contribution in [1.82, 2.24) is 0 Å². The summed E-state index contributed by atoms with van der Waals surface area (Å²) in [4.78, 5) is 0. The minimum atomic E-state index is -0.116. The maximum Gasteiger partial charge on any atom is 0.0832 e. The summed E-state index contributed by atoms with van der Waals surface area (Å²) in [6.45, 7) is 4.48. The van der Waals surface area contributed by atoms with Crippen LogP contribution in [0.4, 0.5) is 0 Å². The van der Waals surface area contributed by atoms with E-state index in [4.69, 9.17) is 10.5 Å².